The molecule has 0 aromatic heterocycles. The van der Waals surface area contributed by atoms with Crippen molar-refractivity contribution < 1.29 is 41.0 Å². The Morgan fingerprint density at radius 3 is 2.29 bits per heavy atom. The maximum absolute atomic E-state index is 13.6. The summed E-state index contributed by atoms with van der Waals surface area (Å²) in [5.41, 5.74) is 1.23. The number of fused-ring (bicyclic) bond motifs is 2. The Morgan fingerprint density at radius 2 is 1.68 bits per heavy atom. The Bertz CT molecular complexity index is 1220. The van der Waals surface area contributed by atoms with Crippen LogP contribution in [0.1, 0.15) is 31.2 Å². The average Bonchev–Trinajstić information content (AvgIpc) is 3.72. The number of aliphatic carboxylic acids is 1. The van der Waals surface area contributed by atoms with E-state index in [-0.39, 0.29) is 12.1 Å². The Balaban J connectivity index is 0.000000426. The van der Waals surface area contributed by atoms with Gasteiger partial charge in [0.1, 0.15) is 22.5 Å². The third kappa shape index (κ3) is 6.78. The molecule has 38 heavy (non-hydrogen) atoms. The largest absolute Gasteiger partial charge is 0.497 e. The molecule has 1 saturated carbocycles. The van der Waals surface area contributed by atoms with E-state index in [0.717, 1.165) is 51.1 Å². The van der Waals surface area contributed by atoms with Crippen molar-refractivity contribution in [3.8, 4) is 11.5 Å². The highest BCUT2D eigenvalue weighted by atomic mass is 32.2. The van der Waals surface area contributed by atoms with Crippen LogP contribution < -0.4 is 9.47 Å². The summed E-state index contributed by atoms with van der Waals surface area (Å²) in [5.74, 6) is -0.916. The predicted octanol–water partition coefficient (Wildman–Crippen LogP) is 4.15. The van der Waals surface area contributed by atoms with Gasteiger partial charge < -0.3 is 14.6 Å². The number of alkyl halides is 3. The molecule has 8 nitrogen and oxygen atoms in total. The Kier molecular flexibility index (Phi) is 8.53. The van der Waals surface area contributed by atoms with Gasteiger partial charge in [0.2, 0.25) is 10.0 Å². The monoisotopic (exact) mass is 556 g/mol. The highest BCUT2D eigenvalue weighted by molar-refractivity contribution is 7.89. The van der Waals surface area contributed by atoms with Crippen LogP contribution in [0.25, 0.3) is 0 Å². The topological polar surface area (TPSA) is 96.4 Å². The number of methoxy groups -OCH3 is 1. The molecule has 0 bridgehead atoms. The molecule has 2 heterocycles. The van der Waals surface area contributed by atoms with Crippen molar-refractivity contribution in [2.24, 2.45) is 5.92 Å². The lowest BCUT2D eigenvalue weighted by molar-refractivity contribution is -0.192. The molecular formula is C26H31F3N2O6S. The van der Waals surface area contributed by atoms with Gasteiger partial charge in [0.25, 0.3) is 0 Å². The zero-order valence-electron chi connectivity index (χ0n) is 20.9. The highest BCUT2D eigenvalue weighted by Crippen LogP contribution is 2.40. The Hall–Kier alpha value is -2.83. The van der Waals surface area contributed by atoms with Gasteiger partial charge in [-0.2, -0.15) is 17.5 Å². The number of halogens is 3. The van der Waals surface area contributed by atoms with E-state index in [1.165, 1.54) is 5.56 Å². The van der Waals surface area contributed by atoms with Crippen molar-refractivity contribution in [2.75, 3.05) is 26.7 Å². The van der Waals surface area contributed by atoms with Crippen LogP contribution in [-0.4, -0.2) is 73.8 Å². The van der Waals surface area contributed by atoms with Crippen LogP contribution in [0.4, 0.5) is 13.2 Å². The van der Waals surface area contributed by atoms with E-state index in [2.05, 4.69) is 17.0 Å². The number of carboxylic acids is 1. The zero-order valence-corrected chi connectivity index (χ0v) is 21.7. The summed E-state index contributed by atoms with van der Waals surface area (Å²) in [6.07, 6.45) is -1.38. The number of hydrogen-bond acceptors (Lipinski definition) is 6. The second-order valence-corrected chi connectivity index (χ2v) is 11.6. The van der Waals surface area contributed by atoms with E-state index in [0.29, 0.717) is 23.1 Å². The lowest BCUT2D eigenvalue weighted by Crippen LogP contribution is -2.48. The molecule has 0 amide bonds. The van der Waals surface area contributed by atoms with Gasteiger partial charge in [-0.25, -0.2) is 13.2 Å². The van der Waals surface area contributed by atoms with Crippen molar-refractivity contribution in [1.82, 2.24) is 9.21 Å². The fourth-order valence-corrected chi connectivity index (χ4v) is 6.62. The molecule has 1 N–H and O–H groups in total. The molecule has 2 atom stereocenters. The summed E-state index contributed by atoms with van der Waals surface area (Å²) < 4.78 is 72.4. The quantitative estimate of drug-likeness (QED) is 0.591. The second kappa shape index (κ2) is 11.5. The third-order valence-electron chi connectivity index (χ3n) is 6.93. The fourth-order valence-electron chi connectivity index (χ4n) is 4.75. The summed E-state index contributed by atoms with van der Waals surface area (Å²) in [7, 11) is -1.89. The van der Waals surface area contributed by atoms with Crippen molar-refractivity contribution in [3.05, 3.63) is 54.1 Å². The molecule has 1 aliphatic carbocycles. The first kappa shape index (κ1) is 28.2. The van der Waals surface area contributed by atoms with Gasteiger partial charge in [0.15, 0.2) is 0 Å². The van der Waals surface area contributed by atoms with Gasteiger partial charge in [-0.15, -0.1) is 0 Å². The molecule has 1 saturated heterocycles. The van der Waals surface area contributed by atoms with Crippen LogP contribution in [-0.2, 0) is 21.4 Å². The molecule has 208 valence electrons. The van der Waals surface area contributed by atoms with E-state index in [9.17, 15) is 21.6 Å². The first-order valence-corrected chi connectivity index (χ1v) is 13.9. The average molecular weight is 557 g/mol. The maximum Gasteiger partial charge on any atom is 0.490 e. The van der Waals surface area contributed by atoms with E-state index >= 15 is 0 Å². The summed E-state index contributed by atoms with van der Waals surface area (Å²) in [4.78, 5) is 11.6. The molecule has 2 aromatic carbocycles. The normalized spacial score (nSPS) is 23.4. The minimum absolute atomic E-state index is 0.126. The van der Waals surface area contributed by atoms with E-state index in [4.69, 9.17) is 19.4 Å². The lowest BCUT2D eigenvalue weighted by atomic mass is 10.1. The molecule has 12 heteroatoms. The van der Waals surface area contributed by atoms with Crippen LogP contribution in [0, 0.1) is 5.92 Å². The SMILES string of the molecule is COc1ccc(CN2CC[C@@H]3Oc4ccccc4S(=O)(=O)N(CC4CC4)[C@H]3CC2)cc1.O=C(O)C(F)(F)F. The number of likely N-dealkylation sites (tertiary alicyclic amines) is 1. The van der Waals surface area contributed by atoms with E-state index in [1.54, 1.807) is 29.6 Å². The summed E-state index contributed by atoms with van der Waals surface area (Å²) in [5, 5.41) is 7.12. The number of nitrogens with zero attached hydrogens (tertiary/aromatic N) is 2. The van der Waals surface area contributed by atoms with Crippen molar-refractivity contribution in [2.45, 2.75) is 55.4 Å². The highest BCUT2D eigenvalue weighted by Gasteiger charge is 2.45. The van der Waals surface area contributed by atoms with Crippen molar-refractivity contribution in [1.29, 1.82) is 0 Å². The van der Waals surface area contributed by atoms with Gasteiger partial charge in [0.05, 0.1) is 13.2 Å². The number of hydrogen-bond donors (Lipinski definition) is 1. The van der Waals surface area contributed by atoms with Crippen molar-refractivity contribution >= 4 is 16.0 Å². The summed E-state index contributed by atoms with van der Waals surface area (Å²) in [6, 6.07) is 15.2. The third-order valence-corrected chi connectivity index (χ3v) is 8.86. The zero-order chi connectivity index (χ0) is 27.5. The number of carbonyl (C=O) groups is 1. The number of ether oxygens (including phenoxy) is 2. The molecule has 3 aliphatic rings. The van der Waals surface area contributed by atoms with Gasteiger partial charge in [-0.3, -0.25) is 4.90 Å². The molecular weight excluding hydrogens is 525 g/mol. The molecule has 2 aromatic rings. The van der Waals surface area contributed by atoms with Crippen LogP contribution in [0.3, 0.4) is 0 Å². The van der Waals surface area contributed by atoms with Gasteiger partial charge >= 0.3 is 12.1 Å². The van der Waals surface area contributed by atoms with E-state index < -0.39 is 22.2 Å². The minimum Gasteiger partial charge on any atom is -0.497 e. The smallest absolute Gasteiger partial charge is 0.490 e. The summed E-state index contributed by atoms with van der Waals surface area (Å²) >= 11 is 0. The number of para-hydroxylation sites is 1. The number of carboxylic acid groups (broad SMARTS) is 1. The standard InChI is InChI=1S/C24H30N2O4S.C2HF3O2/c1-29-20-10-8-18(9-11-20)16-25-14-12-21-22(13-15-25)30-23-4-2-3-5-24(23)31(27,28)26(21)17-19-6-7-19;3-2(4,5)1(6)7/h2-5,8-11,19,21-22H,6-7,12-17H2,1H3;(H,6,7)/t21-,22-;/m0./s1. The number of sulfonamides is 1. The maximum atomic E-state index is 13.6. The molecule has 0 radical (unpaired) electrons. The molecule has 0 spiro atoms. The molecule has 2 fully saturated rings. The van der Waals surface area contributed by atoms with Crippen LogP contribution in [0.5, 0.6) is 11.5 Å². The number of benzene rings is 2. The number of rotatable bonds is 5. The molecule has 2 aliphatic heterocycles. The fraction of sp³-hybridized carbons (Fsp3) is 0.500. The molecule has 5 rings (SSSR count). The second-order valence-electron chi connectivity index (χ2n) is 9.69. The first-order chi connectivity index (χ1) is 18.0. The Labute approximate surface area is 220 Å². The van der Waals surface area contributed by atoms with Gasteiger partial charge in [-0.1, -0.05) is 24.3 Å². The Morgan fingerprint density at radius 1 is 1.05 bits per heavy atom. The lowest BCUT2D eigenvalue weighted by Gasteiger charge is -2.31. The van der Waals surface area contributed by atoms with Crippen LogP contribution in [0.15, 0.2) is 53.4 Å². The van der Waals surface area contributed by atoms with Crippen LogP contribution >= 0.6 is 0 Å². The molecule has 0 unspecified atom stereocenters. The first-order valence-electron chi connectivity index (χ1n) is 12.4. The minimum atomic E-state index is -5.08. The van der Waals surface area contributed by atoms with Gasteiger partial charge in [-0.05, 0) is 61.4 Å². The summed E-state index contributed by atoms with van der Waals surface area (Å²) in [6.45, 7) is 3.19. The van der Waals surface area contributed by atoms with Crippen molar-refractivity contribution in [3.63, 3.8) is 0 Å². The van der Waals surface area contributed by atoms with Crippen LogP contribution in [0.2, 0.25) is 0 Å². The van der Waals surface area contributed by atoms with Gasteiger partial charge in [0, 0.05) is 26.2 Å². The predicted molar refractivity (Wildman–Crippen MR) is 132 cm³/mol. The van der Waals surface area contributed by atoms with E-state index in [1.807, 2.05) is 18.2 Å².